The van der Waals surface area contributed by atoms with Gasteiger partial charge in [-0.1, -0.05) is 36.7 Å². The van der Waals surface area contributed by atoms with Gasteiger partial charge >= 0.3 is 5.97 Å². The van der Waals surface area contributed by atoms with E-state index in [0.29, 0.717) is 16.2 Å². The van der Waals surface area contributed by atoms with E-state index in [1.807, 2.05) is 51.1 Å². The number of halogens is 1. The number of para-hydroxylation sites is 1. The summed E-state index contributed by atoms with van der Waals surface area (Å²) in [6.45, 7) is 8.04. The Morgan fingerprint density at radius 1 is 1.14 bits per heavy atom. The fourth-order valence-corrected chi connectivity index (χ4v) is 4.65. The Kier molecular flexibility index (Phi) is 5.12. The van der Waals surface area contributed by atoms with Crippen molar-refractivity contribution in [2.24, 2.45) is 5.41 Å². The molecule has 5 heteroatoms. The lowest BCUT2D eigenvalue weighted by Crippen LogP contribution is -2.45. The number of benzene rings is 2. The smallest absolute Gasteiger partial charge is 0.315 e. The number of rotatable bonds is 4. The van der Waals surface area contributed by atoms with Crippen molar-refractivity contribution < 1.29 is 18.8 Å². The lowest BCUT2D eigenvalue weighted by Gasteiger charge is -2.31. The summed E-state index contributed by atoms with van der Waals surface area (Å²) in [5.41, 5.74) is 1.90. The topological polar surface area (TPSA) is 35.5 Å². The summed E-state index contributed by atoms with van der Waals surface area (Å²) in [5, 5.41) is 0.717. The Morgan fingerprint density at radius 2 is 1.79 bits per heavy atom. The zero-order valence-corrected chi connectivity index (χ0v) is 18.3. The molecule has 4 rings (SSSR count). The number of nitrogens with zero attached hydrogens (tertiary/aromatic N) is 1. The minimum atomic E-state index is -0.455. The number of likely N-dealkylation sites (N-methyl/N-ethyl adjacent to an activating group) is 1. The minimum absolute atomic E-state index is 0.126. The molecular formula is C24H29ClNO3+. The zero-order chi connectivity index (χ0) is 20.8. The molecule has 2 aliphatic rings. The van der Waals surface area contributed by atoms with Crippen LogP contribution in [0.5, 0.6) is 11.5 Å². The number of carbonyl (C=O) groups excluding carboxylic acids is 1. The summed E-state index contributed by atoms with van der Waals surface area (Å²) in [4.78, 5) is 12.5. The Balaban J connectivity index is 1.66. The van der Waals surface area contributed by atoms with Crippen molar-refractivity contribution >= 4 is 17.6 Å². The molecule has 1 fully saturated rings. The summed E-state index contributed by atoms with van der Waals surface area (Å²) in [6, 6.07) is 14.1. The van der Waals surface area contributed by atoms with Crippen LogP contribution in [0.25, 0.3) is 0 Å². The molecule has 0 bridgehead atoms. The number of carbonyl (C=O) groups is 1. The number of likely N-dealkylation sites (tertiary alicyclic amines) is 1. The highest BCUT2D eigenvalue weighted by molar-refractivity contribution is 6.30. The first kappa shape index (κ1) is 20.2. The first-order chi connectivity index (χ1) is 13.7. The van der Waals surface area contributed by atoms with Crippen molar-refractivity contribution in [3.05, 3.63) is 58.6 Å². The quantitative estimate of drug-likeness (QED) is 0.474. The fourth-order valence-electron chi connectivity index (χ4n) is 4.47. The molecule has 0 radical (unpaired) electrons. The molecule has 3 unspecified atom stereocenters. The van der Waals surface area contributed by atoms with Gasteiger partial charge in [-0.05, 0) is 44.5 Å². The monoisotopic (exact) mass is 414 g/mol. The van der Waals surface area contributed by atoms with E-state index >= 15 is 0 Å². The van der Waals surface area contributed by atoms with Gasteiger partial charge in [-0.3, -0.25) is 9.28 Å². The van der Waals surface area contributed by atoms with Crippen LogP contribution in [0.3, 0.4) is 0 Å². The normalized spacial score (nSPS) is 25.3. The Morgan fingerprint density at radius 3 is 2.52 bits per heavy atom. The zero-order valence-electron chi connectivity index (χ0n) is 17.6. The SMILES string of the molecule is CCC(C)(C)C(=O)OC[N+]1(C)CC2c3ccccc3Oc3ccc(Cl)cc3C2C1. The molecule has 1 saturated heterocycles. The highest BCUT2D eigenvalue weighted by Gasteiger charge is 2.48. The van der Waals surface area contributed by atoms with E-state index in [9.17, 15) is 4.79 Å². The summed E-state index contributed by atoms with van der Waals surface area (Å²) in [6.07, 6.45) is 0.761. The highest BCUT2D eigenvalue weighted by Crippen LogP contribution is 2.51. The van der Waals surface area contributed by atoms with Crippen LogP contribution in [0.2, 0.25) is 5.02 Å². The third-order valence-corrected chi connectivity index (χ3v) is 6.85. The van der Waals surface area contributed by atoms with Crippen LogP contribution in [0, 0.1) is 5.41 Å². The fraction of sp³-hybridized carbons (Fsp3) is 0.458. The molecule has 2 aromatic rings. The molecule has 4 nitrogen and oxygen atoms in total. The van der Waals surface area contributed by atoms with Crippen LogP contribution in [0.1, 0.15) is 50.2 Å². The maximum absolute atomic E-state index is 12.5. The second kappa shape index (κ2) is 7.33. The predicted octanol–water partition coefficient (Wildman–Crippen LogP) is 5.71. The van der Waals surface area contributed by atoms with Crippen LogP contribution in [0.15, 0.2) is 42.5 Å². The number of fused-ring (bicyclic) bond motifs is 5. The second-order valence-corrected chi connectivity index (χ2v) is 9.75. The van der Waals surface area contributed by atoms with Crippen LogP contribution in [-0.2, 0) is 9.53 Å². The molecule has 154 valence electrons. The molecule has 2 heterocycles. The summed E-state index contributed by atoms with van der Waals surface area (Å²) in [5.74, 6) is 2.19. The average molecular weight is 415 g/mol. The van der Waals surface area contributed by atoms with E-state index in [-0.39, 0.29) is 17.8 Å². The average Bonchev–Trinajstić information content (AvgIpc) is 3.00. The van der Waals surface area contributed by atoms with Gasteiger partial charge in [0.1, 0.15) is 11.5 Å². The van der Waals surface area contributed by atoms with E-state index in [1.54, 1.807) is 0 Å². The number of esters is 1. The molecule has 0 aliphatic carbocycles. The summed E-state index contributed by atoms with van der Waals surface area (Å²) >= 11 is 6.34. The van der Waals surface area contributed by atoms with Gasteiger partial charge in [0.15, 0.2) is 0 Å². The molecule has 2 aromatic carbocycles. The summed E-state index contributed by atoms with van der Waals surface area (Å²) < 4.78 is 12.7. The van der Waals surface area contributed by atoms with Gasteiger partial charge in [-0.15, -0.1) is 0 Å². The highest BCUT2D eigenvalue weighted by atomic mass is 35.5. The van der Waals surface area contributed by atoms with E-state index in [1.165, 1.54) is 5.56 Å². The summed E-state index contributed by atoms with van der Waals surface area (Å²) in [7, 11) is 2.18. The van der Waals surface area contributed by atoms with Gasteiger partial charge < -0.3 is 9.47 Å². The van der Waals surface area contributed by atoms with E-state index < -0.39 is 5.41 Å². The first-order valence-electron chi connectivity index (χ1n) is 10.3. The number of quaternary nitrogens is 1. The molecule has 29 heavy (non-hydrogen) atoms. The molecule has 0 N–H and O–H groups in total. The third kappa shape index (κ3) is 3.76. The van der Waals surface area contributed by atoms with Crippen LogP contribution >= 0.6 is 11.6 Å². The maximum Gasteiger partial charge on any atom is 0.315 e. The standard InChI is InChI=1S/C24H29ClNO3/c1-5-24(2,3)23(27)28-15-26(4)13-19-17-8-6-7-9-21(17)29-22-11-10-16(25)12-18(22)20(19)14-26/h6-12,19-20H,5,13-15H2,1-4H3/q+1. The molecule has 0 spiro atoms. The molecule has 2 aliphatic heterocycles. The first-order valence-corrected chi connectivity index (χ1v) is 10.7. The van der Waals surface area contributed by atoms with Crippen molar-refractivity contribution in [1.29, 1.82) is 0 Å². The molecule has 0 amide bonds. The second-order valence-electron chi connectivity index (χ2n) is 9.32. The largest absolute Gasteiger partial charge is 0.457 e. The van der Waals surface area contributed by atoms with Crippen molar-refractivity contribution in [3.63, 3.8) is 0 Å². The lowest BCUT2D eigenvalue weighted by atomic mass is 9.84. The molecule has 0 saturated carbocycles. The molecule has 0 aromatic heterocycles. The Labute approximate surface area is 178 Å². The van der Waals surface area contributed by atoms with Crippen molar-refractivity contribution in [1.82, 2.24) is 0 Å². The van der Waals surface area contributed by atoms with Gasteiger partial charge in [0.05, 0.1) is 25.6 Å². The maximum atomic E-state index is 12.5. The van der Waals surface area contributed by atoms with Crippen molar-refractivity contribution in [2.75, 3.05) is 26.9 Å². The van der Waals surface area contributed by atoms with Crippen LogP contribution < -0.4 is 4.74 Å². The number of hydrogen-bond acceptors (Lipinski definition) is 3. The van der Waals surface area contributed by atoms with Crippen LogP contribution in [0.4, 0.5) is 0 Å². The number of hydrogen-bond donors (Lipinski definition) is 0. The molecule has 3 atom stereocenters. The third-order valence-electron chi connectivity index (χ3n) is 6.61. The van der Waals surface area contributed by atoms with Gasteiger partial charge in [-0.2, -0.15) is 0 Å². The van der Waals surface area contributed by atoms with Gasteiger partial charge in [0.25, 0.3) is 0 Å². The van der Waals surface area contributed by atoms with E-state index in [4.69, 9.17) is 21.1 Å². The van der Waals surface area contributed by atoms with Gasteiger partial charge in [0, 0.05) is 28.0 Å². The lowest BCUT2D eigenvalue weighted by molar-refractivity contribution is -0.915. The van der Waals surface area contributed by atoms with Crippen molar-refractivity contribution in [3.8, 4) is 11.5 Å². The van der Waals surface area contributed by atoms with Crippen LogP contribution in [-0.4, -0.2) is 37.3 Å². The predicted molar refractivity (Wildman–Crippen MR) is 114 cm³/mol. The molecular weight excluding hydrogens is 386 g/mol. The van der Waals surface area contributed by atoms with E-state index in [2.05, 4.69) is 19.2 Å². The van der Waals surface area contributed by atoms with E-state index in [0.717, 1.165) is 36.6 Å². The Hall–Kier alpha value is -2.04. The van der Waals surface area contributed by atoms with Crippen molar-refractivity contribution in [2.45, 2.75) is 39.0 Å². The Bertz CT molecular complexity index is 941. The van der Waals surface area contributed by atoms with Gasteiger partial charge in [-0.25, -0.2) is 0 Å². The minimum Gasteiger partial charge on any atom is -0.457 e. The van der Waals surface area contributed by atoms with Gasteiger partial charge in [0.2, 0.25) is 6.73 Å². The number of ether oxygens (including phenoxy) is 2.